The number of phosphoric ester groups is 1. The Morgan fingerprint density at radius 3 is 1.24 bits per heavy atom. The standard InChI is InChI=1S/C41H82NO8P/c1-3-5-7-9-11-13-15-17-19-21-23-25-27-29-31-33-40(43)47-37-39(38-49-51(45,46)48-36-35-42)50-41(44)34-32-30-28-26-24-22-20-18-16-14-12-10-8-6-4-2/h39H,3-38,42H2,1-2H3,(H,45,46)/t39-/m1/s1/i36D/t36?,39-. The van der Waals surface area contributed by atoms with Gasteiger partial charge in [0.2, 0.25) is 0 Å². The van der Waals surface area contributed by atoms with Crippen LogP contribution in [-0.4, -0.2) is 49.3 Å². The minimum atomic E-state index is -4.61. The van der Waals surface area contributed by atoms with Crippen LogP contribution in [0, 0.1) is 0 Å². The van der Waals surface area contributed by atoms with Crippen molar-refractivity contribution in [2.24, 2.45) is 5.73 Å². The first kappa shape index (κ1) is 48.0. The summed E-state index contributed by atoms with van der Waals surface area (Å²) in [5.41, 5.74) is 5.30. The van der Waals surface area contributed by atoms with Crippen molar-refractivity contribution >= 4 is 19.8 Å². The Bertz CT molecular complexity index is 852. The van der Waals surface area contributed by atoms with Gasteiger partial charge in [0.05, 0.1) is 14.6 Å². The normalized spacial score (nSPS) is 14.2. The molecular weight excluding hydrogens is 665 g/mol. The summed E-state index contributed by atoms with van der Waals surface area (Å²) in [5, 5.41) is 0. The summed E-state index contributed by atoms with van der Waals surface area (Å²) in [6, 6.07) is 0. The quantitative estimate of drug-likeness (QED) is 0.0356. The summed E-state index contributed by atoms with van der Waals surface area (Å²) in [4.78, 5) is 34.9. The second-order valence-corrected chi connectivity index (χ2v) is 15.9. The summed E-state index contributed by atoms with van der Waals surface area (Å²) < 4.78 is 40.1. The molecule has 2 unspecified atom stereocenters. The first-order chi connectivity index (χ1) is 25.2. The van der Waals surface area contributed by atoms with E-state index in [9.17, 15) is 19.0 Å². The highest BCUT2D eigenvalue weighted by Gasteiger charge is 2.26. The Labute approximate surface area is 315 Å². The molecule has 3 atom stereocenters. The van der Waals surface area contributed by atoms with Gasteiger partial charge in [0.1, 0.15) is 6.61 Å². The molecule has 9 nitrogen and oxygen atoms in total. The molecule has 0 radical (unpaired) electrons. The zero-order chi connectivity index (χ0) is 38.4. The molecule has 0 aromatic rings. The van der Waals surface area contributed by atoms with E-state index in [4.69, 9.17) is 21.1 Å². The fourth-order valence-electron chi connectivity index (χ4n) is 6.25. The van der Waals surface area contributed by atoms with Crippen molar-refractivity contribution in [2.45, 2.75) is 225 Å². The van der Waals surface area contributed by atoms with Crippen molar-refractivity contribution in [1.82, 2.24) is 0 Å². The largest absolute Gasteiger partial charge is 0.472 e. The van der Waals surface area contributed by atoms with E-state index in [0.29, 0.717) is 6.42 Å². The summed E-state index contributed by atoms with van der Waals surface area (Å²) in [6.07, 6.45) is 36.5. The first-order valence-electron chi connectivity index (χ1n) is 21.9. The van der Waals surface area contributed by atoms with Gasteiger partial charge in [-0.15, -0.1) is 0 Å². The van der Waals surface area contributed by atoms with Crippen molar-refractivity contribution in [3.05, 3.63) is 0 Å². The molecule has 0 heterocycles. The Morgan fingerprint density at radius 2 is 0.882 bits per heavy atom. The number of unbranched alkanes of at least 4 members (excludes halogenated alkanes) is 28. The van der Waals surface area contributed by atoms with Gasteiger partial charge in [-0.1, -0.05) is 194 Å². The third-order valence-electron chi connectivity index (χ3n) is 9.42. The Kier molecular flexibility index (Phi) is 36.5. The molecular formula is C41H82NO8P. The van der Waals surface area contributed by atoms with Crippen LogP contribution in [0.1, 0.15) is 221 Å². The number of esters is 2. The highest BCUT2D eigenvalue weighted by Crippen LogP contribution is 2.43. The average molecular weight is 749 g/mol. The molecule has 0 aliphatic rings. The molecule has 0 bridgehead atoms. The van der Waals surface area contributed by atoms with Crippen molar-refractivity contribution in [3.8, 4) is 0 Å². The van der Waals surface area contributed by atoms with Crippen molar-refractivity contribution in [1.29, 1.82) is 0 Å². The summed E-state index contributed by atoms with van der Waals surface area (Å²) in [6.45, 7) is 1.98. The van der Waals surface area contributed by atoms with Gasteiger partial charge in [-0.2, -0.15) is 0 Å². The van der Waals surface area contributed by atoms with Crippen molar-refractivity contribution in [2.75, 3.05) is 26.3 Å². The molecule has 0 amide bonds. The molecule has 0 rings (SSSR count). The Morgan fingerprint density at radius 1 is 0.549 bits per heavy atom. The lowest BCUT2D eigenvalue weighted by atomic mass is 10.0. The second-order valence-electron chi connectivity index (χ2n) is 14.5. The summed E-state index contributed by atoms with van der Waals surface area (Å²) in [7, 11) is -4.61. The fraction of sp³-hybridized carbons (Fsp3) is 0.951. The van der Waals surface area contributed by atoms with E-state index in [1.54, 1.807) is 0 Å². The van der Waals surface area contributed by atoms with Crippen LogP contribution in [0.4, 0.5) is 0 Å². The monoisotopic (exact) mass is 749 g/mol. The molecule has 0 spiro atoms. The van der Waals surface area contributed by atoms with Crippen molar-refractivity contribution in [3.63, 3.8) is 0 Å². The van der Waals surface area contributed by atoms with E-state index in [2.05, 4.69) is 18.4 Å². The van der Waals surface area contributed by atoms with Gasteiger partial charge in [-0.05, 0) is 12.8 Å². The van der Waals surface area contributed by atoms with E-state index in [0.717, 1.165) is 38.5 Å². The van der Waals surface area contributed by atoms with Gasteiger partial charge in [-0.3, -0.25) is 18.6 Å². The van der Waals surface area contributed by atoms with Crippen LogP contribution in [0.2, 0.25) is 0 Å². The zero-order valence-corrected chi connectivity index (χ0v) is 34.1. The SMILES string of the molecule is [2H]C(CN)OP(=O)(O)OC[C@@H](COC(=O)CCCCCCCCCCCCCCCCC)OC(=O)CCCCCCCCCCCCCCCCC. The predicted molar refractivity (Wildman–Crippen MR) is 211 cm³/mol. The molecule has 3 N–H and O–H groups in total. The molecule has 10 heteroatoms. The van der Waals surface area contributed by atoms with Crippen LogP contribution in [0.15, 0.2) is 0 Å². The lowest BCUT2D eigenvalue weighted by Gasteiger charge is -2.19. The number of phosphoric acid groups is 1. The van der Waals surface area contributed by atoms with Crippen LogP contribution in [0.25, 0.3) is 0 Å². The lowest BCUT2D eigenvalue weighted by molar-refractivity contribution is -0.161. The molecule has 0 aliphatic heterocycles. The van der Waals surface area contributed by atoms with E-state index in [-0.39, 0.29) is 26.0 Å². The number of hydrogen-bond acceptors (Lipinski definition) is 8. The van der Waals surface area contributed by atoms with E-state index in [1.807, 2.05) is 0 Å². The predicted octanol–water partition coefficient (Wildman–Crippen LogP) is 12.1. The van der Waals surface area contributed by atoms with Gasteiger partial charge < -0.3 is 20.1 Å². The Balaban J connectivity index is 4.19. The Hall–Kier alpha value is -0.990. The third kappa shape index (κ3) is 38.5. The van der Waals surface area contributed by atoms with Gasteiger partial charge in [0.25, 0.3) is 0 Å². The van der Waals surface area contributed by atoms with Crippen LogP contribution in [-0.2, 0) is 32.7 Å². The topological polar surface area (TPSA) is 134 Å². The first-order valence-corrected chi connectivity index (χ1v) is 22.9. The van der Waals surface area contributed by atoms with E-state index in [1.165, 1.54) is 148 Å². The molecule has 0 fully saturated rings. The van der Waals surface area contributed by atoms with Gasteiger partial charge in [-0.25, -0.2) is 4.57 Å². The fourth-order valence-corrected chi connectivity index (χ4v) is 6.94. The summed E-state index contributed by atoms with van der Waals surface area (Å²) in [5.74, 6) is -0.883. The maximum absolute atomic E-state index is 12.6. The number of rotatable bonds is 41. The molecule has 51 heavy (non-hydrogen) atoms. The summed E-state index contributed by atoms with van der Waals surface area (Å²) >= 11 is 0. The third-order valence-corrected chi connectivity index (χ3v) is 10.3. The lowest BCUT2D eigenvalue weighted by Crippen LogP contribution is -2.29. The van der Waals surface area contributed by atoms with Gasteiger partial charge >= 0.3 is 19.8 Å². The molecule has 0 saturated carbocycles. The number of ether oxygens (including phenoxy) is 2. The maximum Gasteiger partial charge on any atom is 0.472 e. The minimum Gasteiger partial charge on any atom is -0.462 e. The van der Waals surface area contributed by atoms with Crippen LogP contribution >= 0.6 is 7.82 Å². The molecule has 304 valence electrons. The molecule has 0 aromatic carbocycles. The number of nitrogens with two attached hydrogens (primary N) is 1. The molecule has 0 aliphatic carbocycles. The van der Waals surface area contributed by atoms with Crippen molar-refractivity contribution < 1.29 is 38.9 Å². The van der Waals surface area contributed by atoms with E-state index >= 15 is 0 Å². The second kappa shape index (κ2) is 38.7. The molecule has 0 aromatic heterocycles. The van der Waals surface area contributed by atoms with Crippen LogP contribution in [0.3, 0.4) is 0 Å². The minimum absolute atomic E-state index is 0.205. The highest BCUT2D eigenvalue weighted by atomic mass is 31.2. The van der Waals surface area contributed by atoms with Gasteiger partial charge in [0, 0.05) is 19.4 Å². The number of carbonyl (C=O) groups excluding carboxylic acids is 2. The number of hydrogen-bond donors (Lipinski definition) is 2. The number of carbonyl (C=O) groups is 2. The maximum atomic E-state index is 12.6. The molecule has 0 saturated heterocycles. The highest BCUT2D eigenvalue weighted by molar-refractivity contribution is 7.47. The van der Waals surface area contributed by atoms with Gasteiger partial charge in [0.15, 0.2) is 6.10 Å². The average Bonchev–Trinajstić information content (AvgIpc) is 3.12. The van der Waals surface area contributed by atoms with E-state index < -0.39 is 39.1 Å². The van der Waals surface area contributed by atoms with Crippen LogP contribution in [0.5, 0.6) is 0 Å². The smallest absolute Gasteiger partial charge is 0.462 e. The van der Waals surface area contributed by atoms with Crippen LogP contribution < -0.4 is 5.73 Å². The zero-order valence-electron chi connectivity index (χ0n) is 34.2.